The molecule has 174 valence electrons. The summed E-state index contributed by atoms with van der Waals surface area (Å²) in [5.41, 5.74) is 0.145. The number of amides is 3. The number of aliphatic hydroxyl groups is 1. The van der Waals surface area contributed by atoms with E-state index < -0.39 is 35.8 Å². The average molecular weight is 463 g/mol. The summed E-state index contributed by atoms with van der Waals surface area (Å²) in [5, 5.41) is 16.5. The van der Waals surface area contributed by atoms with Gasteiger partial charge in [-0.15, -0.1) is 11.3 Å². The quantitative estimate of drug-likeness (QED) is 0.606. The van der Waals surface area contributed by atoms with Gasteiger partial charge in [0.1, 0.15) is 22.8 Å². The number of likely N-dealkylation sites (tertiary alicyclic amines) is 1. The summed E-state index contributed by atoms with van der Waals surface area (Å²) in [6.07, 6.45) is -0.164. The van der Waals surface area contributed by atoms with Crippen molar-refractivity contribution in [3.63, 3.8) is 0 Å². The first-order valence-corrected chi connectivity index (χ1v) is 11.5. The van der Waals surface area contributed by atoms with Crippen LogP contribution in [0, 0.1) is 0 Å². The zero-order valence-electron chi connectivity index (χ0n) is 18.8. The fourth-order valence-electron chi connectivity index (χ4n) is 3.58. The molecule has 1 unspecified atom stereocenters. The number of nitrogens with zero attached hydrogens (tertiary/aromatic N) is 2. The second kappa shape index (κ2) is 9.83. The highest BCUT2D eigenvalue weighted by molar-refractivity contribution is 7.18. The Morgan fingerprint density at radius 1 is 1.31 bits per heavy atom. The van der Waals surface area contributed by atoms with E-state index in [-0.39, 0.29) is 12.5 Å². The van der Waals surface area contributed by atoms with E-state index >= 15 is 0 Å². The minimum atomic E-state index is -0.887. The summed E-state index contributed by atoms with van der Waals surface area (Å²) < 4.78 is 6.11. The van der Waals surface area contributed by atoms with Crippen molar-refractivity contribution in [2.45, 2.75) is 64.3 Å². The van der Waals surface area contributed by atoms with Crippen LogP contribution >= 0.6 is 11.3 Å². The van der Waals surface area contributed by atoms with E-state index in [1.165, 1.54) is 18.3 Å². The first-order chi connectivity index (χ1) is 15.0. The molecule has 1 saturated heterocycles. The lowest BCUT2D eigenvalue weighted by atomic mass is 10.1. The van der Waals surface area contributed by atoms with E-state index in [2.05, 4.69) is 15.6 Å². The van der Waals surface area contributed by atoms with Crippen molar-refractivity contribution in [2.75, 3.05) is 13.1 Å². The summed E-state index contributed by atoms with van der Waals surface area (Å²) in [4.78, 5) is 43.0. The van der Waals surface area contributed by atoms with Crippen LogP contribution in [0.3, 0.4) is 0 Å². The Balaban J connectivity index is 1.54. The van der Waals surface area contributed by atoms with Crippen LogP contribution < -0.4 is 10.6 Å². The van der Waals surface area contributed by atoms with Gasteiger partial charge in [0.2, 0.25) is 11.8 Å². The van der Waals surface area contributed by atoms with Gasteiger partial charge in [-0.25, -0.2) is 9.78 Å². The standard InChI is InChI=1S/C22H30N4O5S/c1-13(24-21(30)31-22(2,3)4)19(29)23-12-17(27)26-11-7-9-15(26)18(28)20-25-14-8-5-6-10-16(14)32-20/h5-6,8,10,13,15,18,28H,7,9,11-12H2,1-4H3,(H,23,29)(H,24,30)/t13-,15-,18?/m0/s1. The number of ether oxygens (including phenoxy) is 1. The minimum absolute atomic E-state index is 0.220. The molecule has 0 saturated carbocycles. The van der Waals surface area contributed by atoms with Crippen molar-refractivity contribution in [1.29, 1.82) is 0 Å². The molecule has 3 atom stereocenters. The van der Waals surface area contributed by atoms with E-state index in [9.17, 15) is 19.5 Å². The van der Waals surface area contributed by atoms with Gasteiger partial charge in [-0.1, -0.05) is 12.1 Å². The number of aliphatic hydroxyl groups excluding tert-OH is 1. The molecule has 3 rings (SSSR count). The molecule has 3 amide bonds. The van der Waals surface area contributed by atoms with E-state index in [1.807, 2.05) is 24.3 Å². The Hall–Kier alpha value is -2.72. The van der Waals surface area contributed by atoms with Gasteiger partial charge in [0.25, 0.3) is 0 Å². The number of para-hydroxylation sites is 1. The van der Waals surface area contributed by atoms with Gasteiger partial charge >= 0.3 is 6.09 Å². The van der Waals surface area contributed by atoms with Crippen molar-refractivity contribution in [3.05, 3.63) is 29.3 Å². The first kappa shape index (κ1) is 23.9. The fourth-order valence-corrected chi connectivity index (χ4v) is 4.59. The third kappa shape index (κ3) is 5.95. The molecular weight excluding hydrogens is 432 g/mol. The summed E-state index contributed by atoms with van der Waals surface area (Å²) in [6, 6.07) is 6.40. The molecule has 2 heterocycles. The molecule has 1 fully saturated rings. The van der Waals surface area contributed by atoms with Crippen molar-refractivity contribution >= 4 is 39.5 Å². The molecule has 0 radical (unpaired) electrons. The summed E-state index contributed by atoms with van der Waals surface area (Å²) in [6.45, 7) is 6.98. The number of hydrogen-bond acceptors (Lipinski definition) is 7. The lowest BCUT2D eigenvalue weighted by Gasteiger charge is -2.28. The number of fused-ring (bicyclic) bond motifs is 1. The minimum Gasteiger partial charge on any atom is -0.444 e. The van der Waals surface area contributed by atoms with Gasteiger partial charge in [0, 0.05) is 6.54 Å². The van der Waals surface area contributed by atoms with Crippen molar-refractivity contribution in [3.8, 4) is 0 Å². The maximum absolute atomic E-state index is 12.8. The third-order valence-electron chi connectivity index (χ3n) is 5.09. The predicted octanol–water partition coefficient (Wildman–Crippen LogP) is 2.35. The number of carbonyl (C=O) groups is 3. The number of alkyl carbamates (subject to hydrolysis) is 1. The van der Waals surface area contributed by atoms with Gasteiger partial charge in [0.15, 0.2) is 0 Å². The Kier molecular flexibility index (Phi) is 7.35. The molecule has 3 N–H and O–H groups in total. The van der Waals surface area contributed by atoms with Gasteiger partial charge in [-0.2, -0.15) is 0 Å². The van der Waals surface area contributed by atoms with E-state index in [4.69, 9.17) is 4.74 Å². The van der Waals surface area contributed by atoms with E-state index in [0.29, 0.717) is 18.0 Å². The van der Waals surface area contributed by atoms with Crippen LogP contribution in [-0.2, 0) is 14.3 Å². The van der Waals surface area contributed by atoms with Crippen LogP contribution in [0.1, 0.15) is 51.6 Å². The highest BCUT2D eigenvalue weighted by Gasteiger charge is 2.36. The van der Waals surface area contributed by atoms with Gasteiger partial charge in [0.05, 0.1) is 22.8 Å². The zero-order chi connectivity index (χ0) is 23.5. The monoisotopic (exact) mass is 462 g/mol. The molecule has 1 aromatic heterocycles. The maximum Gasteiger partial charge on any atom is 0.408 e. The smallest absolute Gasteiger partial charge is 0.408 e. The molecule has 10 heteroatoms. The Labute approximate surface area is 191 Å². The second-order valence-electron chi connectivity index (χ2n) is 8.85. The topological polar surface area (TPSA) is 121 Å². The highest BCUT2D eigenvalue weighted by Crippen LogP contribution is 2.33. The molecule has 1 aliphatic heterocycles. The number of aromatic nitrogens is 1. The number of carbonyl (C=O) groups excluding carboxylic acids is 3. The number of rotatable bonds is 6. The van der Waals surface area contributed by atoms with Crippen LogP contribution in [0.5, 0.6) is 0 Å². The highest BCUT2D eigenvalue weighted by atomic mass is 32.1. The lowest BCUT2D eigenvalue weighted by molar-refractivity contribution is -0.135. The number of thiazole rings is 1. The fraction of sp³-hybridized carbons (Fsp3) is 0.545. The van der Waals surface area contributed by atoms with Crippen LogP contribution in [0.15, 0.2) is 24.3 Å². The largest absolute Gasteiger partial charge is 0.444 e. The lowest BCUT2D eigenvalue weighted by Crippen LogP contribution is -2.50. The molecule has 0 bridgehead atoms. The van der Waals surface area contributed by atoms with Crippen molar-refractivity contribution in [1.82, 2.24) is 20.5 Å². The van der Waals surface area contributed by atoms with Crippen molar-refractivity contribution in [2.24, 2.45) is 0 Å². The van der Waals surface area contributed by atoms with Crippen LogP contribution in [0.4, 0.5) is 4.79 Å². The molecule has 9 nitrogen and oxygen atoms in total. The number of nitrogens with one attached hydrogen (secondary N) is 2. The molecule has 2 aromatic rings. The summed E-state index contributed by atoms with van der Waals surface area (Å²) >= 11 is 1.42. The van der Waals surface area contributed by atoms with Crippen LogP contribution in [0.2, 0.25) is 0 Å². The Morgan fingerprint density at radius 2 is 2.03 bits per heavy atom. The normalized spacial score (nSPS) is 18.3. The Morgan fingerprint density at radius 3 is 2.72 bits per heavy atom. The zero-order valence-corrected chi connectivity index (χ0v) is 19.6. The third-order valence-corrected chi connectivity index (χ3v) is 6.19. The predicted molar refractivity (Wildman–Crippen MR) is 121 cm³/mol. The average Bonchev–Trinajstić information content (AvgIpc) is 3.36. The van der Waals surface area contributed by atoms with Crippen LogP contribution in [-0.4, -0.2) is 63.7 Å². The summed E-state index contributed by atoms with van der Waals surface area (Å²) in [7, 11) is 0. The molecule has 1 aliphatic rings. The maximum atomic E-state index is 12.8. The molecule has 32 heavy (non-hydrogen) atoms. The Bertz CT molecular complexity index is 953. The van der Waals surface area contributed by atoms with Crippen molar-refractivity contribution < 1.29 is 24.2 Å². The second-order valence-corrected chi connectivity index (χ2v) is 9.91. The van der Waals surface area contributed by atoms with Gasteiger partial charge in [-0.05, 0) is 52.7 Å². The van der Waals surface area contributed by atoms with E-state index in [1.54, 1.807) is 25.7 Å². The van der Waals surface area contributed by atoms with Gasteiger partial charge < -0.3 is 25.4 Å². The van der Waals surface area contributed by atoms with Crippen LogP contribution in [0.25, 0.3) is 10.2 Å². The number of benzene rings is 1. The van der Waals surface area contributed by atoms with Gasteiger partial charge in [-0.3, -0.25) is 9.59 Å². The summed E-state index contributed by atoms with van der Waals surface area (Å²) in [5.74, 6) is -0.780. The first-order valence-electron chi connectivity index (χ1n) is 10.7. The molecule has 1 aromatic carbocycles. The SMILES string of the molecule is C[C@H](NC(=O)OC(C)(C)C)C(=O)NCC(=O)N1CCC[C@H]1C(O)c1nc2ccccc2s1. The molecule has 0 aliphatic carbocycles. The van der Waals surface area contributed by atoms with E-state index in [0.717, 1.165) is 16.6 Å². The molecular formula is C22H30N4O5S. The number of hydrogen-bond donors (Lipinski definition) is 3. The molecule has 0 spiro atoms.